The number of rotatable bonds is 3. The van der Waals surface area contributed by atoms with Crippen LogP contribution in [0.15, 0.2) is 18.2 Å². The van der Waals surface area contributed by atoms with Crippen LogP contribution in [0.1, 0.15) is 24.0 Å². The Labute approximate surface area is 105 Å². The minimum atomic E-state index is -0.757. The van der Waals surface area contributed by atoms with Crippen molar-refractivity contribution in [2.75, 3.05) is 13.2 Å². The lowest BCUT2D eigenvalue weighted by molar-refractivity contribution is -0.161. The average Bonchev–Trinajstić information content (AvgIpc) is 3.03. The van der Waals surface area contributed by atoms with Crippen molar-refractivity contribution in [3.8, 4) is 0 Å². The fourth-order valence-corrected chi connectivity index (χ4v) is 2.99. The molecule has 1 saturated carbocycles. The van der Waals surface area contributed by atoms with Gasteiger partial charge < -0.3 is 9.84 Å². The molecular formula is C14H15FO3. The third-order valence-electron chi connectivity index (χ3n) is 4.48. The van der Waals surface area contributed by atoms with E-state index >= 15 is 0 Å². The van der Waals surface area contributed by atoms with Crippen LogP contribution in [0.3, 0.4) is 0 Å². The number of carboxylic acids is 1. The van der Waals surface area contributed by atoms with E-state index < -0.39 is 16.8 Å². The lowest BCUT2D eigenvalue weighted by atomic mass is 9.66. The molecule has 1 N–H and O–H groups in total. The van der Waals surface area contributed by atoms with Crippen LogP contribution in [-0.2, 0) is 14.9 Å². The molecule has 0 radical (unpaired) electrons. The van der Waals surface area contributed by atoms with Crippen LogP contribution in [0.25, 0.3) is 0 Å². The number of carboxylic acid groups (broad SMARTS) is 1. The molecular weight excluding hydrogens is 235 g/mol. The quantitative estimate of drug-likeness (QED) is 0.895. The number of hydrogen-bond acceptors (Lipinski definition) is 2. The van der Waals surface area contributed by atoms with Crippen molar-refractivity contribution in [3.05, 3.63) is 35.1 Å². The summed E-state index contributed by atoms with van der Waals surface area (Å²) in [4.78, 5) is 11.5. The van der Waals surface area contributed by atoms with Crippen molar-refractivity contribution in [2.45, 2.75) is 25.2 Å². The van der Waals surface area contributed by atoms with Crippen LogP contribution in [0, 0.1) is 18.2 Å². The third kappa shape index (κ3) is 1.29. The Hall–Kier alpha value is -1.42. The summed E-state index contributed by atoms with van der Waals surface area (Å²) in [6.45, 7) is 2.54. The molecule has 1 heterocycles. The van der Waals surface area contributed by atoms with Gasteiger partial charge in [-0.3, -0.25) is 4.79 Å². The van der Waals surface area contributed by atoms with Gasteiger partial charge in [-0.05, 0) is 37.0 Å². The molecule has 0 unspecified atom stereocenters. The zero-order valence-corrected chi connectivity index (χ0v) is 10.2. The summed E-state index contributed by atoms with van der Waals surface area (Å²) in [5, 5.41) is 9.46. The van der Waals surface area contributed by atoms with Crippen molar-refractivity contribution in [1.29, 1.82) is 0 Å². The Morgan fingerprint density at radius 2 is 2.06 bits per heavy atom. The molecule has 2 fully saturated rings. The van der Waals surface area contributed by atoms with E-state index in [1.807, 2.05) is 0 Å². The van der Waals surface area contributed by atoms with E-state index in [2.05, 4.69) is 0 Å². The Bertz CT molecular complexity index is 516. The van der Waals surface area contributed by atoms with E-state index in [1.54, 1.807) is 19.1 Å². The van der Waals surface area contributed by atoms with Crippen molar-refractivity contribution in [1.82, 2.24) is 0 Å². The minimum Gasteiger partial charge on any atom is -0.481 e. The smallest absolute Gasteiger partial charge is 0.310 e. The number of aliphatic carboxylic acids is 1. The maximum Gasteiger partial charge on any atom is 0.310 e. The molecule has 1 aliphatic carbocycles. The highest BCUT2D eigenvalue weighted by Crippen LogP contribution is 2.62. The van der Waals surface area contributed by atoms with Crippen LogP contribution < -0.4 is 0 Å². The average molecular weight is 250 g/mol. The van der Waals surface area contributed by atoms with Gasteiger partial charge in [0.15, 0.2) is 0 Å². The molecule has 96 valence electrons. The normalized spacial score (nSPS) is 23.2. The Morgan fingerprint density at radius 3 is 2.44 bits per heavy atom. The number of halogens is 1. The fraction of sp³-hybridized carbons (Fsp3) is 0.500. The van der Waals surface area contributed by atoms with Gasteiger partial charge >= 0.3 is 5.97 Å². The van der Waals surface area contributed by atoms with Gasteiger partial charge in [0.1, 0.15) is 5.82 Å². The van der Waals surface area contributed by atoms with Crippen LogP contribution in [0.5, 0.6) is 0 Å². The zero-order valence-electron chi connectivity index (χ0n) is 10.2. The number of benzene rings is 1. The highest BCUT2D eigenvalue weighted by atomic mass is 19.1. The van der Waals surface area contributed by atoms with Gasteiger partial charge in [0, 0.05) is 0 Å². The molecule has 3 rings (SSSR count). The SMILES string of the molecule is Cc1cc(C2(C3(C(=O)O)CC3)COC2)ccc1F. The lowest BCUT2D eigenvalue weighted by Crippen LogP contribution is -2.56. The molecule has 0 bridgehead atoms. The van der Waals surface area contributed by atoms with E-state index in [9.17, 15) is 14.3 Å². The summed E-state index contributed by atoms with van der Waals surface area (Å²) in [6, 6.07) is 4.89. The van der Waals surface area contributed by atoms with E-state index in [1.165, 1.54) is 6.07 Å². The number of aryl methyl sites for hydroxylation is 1. The van der Waals surface area contributed by atoms with Crippen molar-refractivity contribution < 1.29 is 19.0 Å². The van der Waals surface area contributed by atoms with Gasteiger partial charge in [0.25, 0.3) is 0 Å². The topological polar surface area (TPSA) is 46.5 Å². The molecule has 1 aromatic rings. The summed E-state index contributed by atoms with van der Waals surface area (Å²) >= 11 is 0. The Balaban J connectivity index is 2.07. The van der Waals surface area contributed by atoms with Crippen LogP contribution >= 0.6 is 0 Å². The van der Waals surface area contributed by atoms with Gasteiger partial charge in [-0.1, -0.05) is 12.1 Å². The van der Waals surface area contributed by atoms with Crippen molar-refractivity contribution in [3.63, 3.8) is 0 Å². The maximum atomic E-state index is 13.3. The number of carbonyl (C=O) groups is 1. The number of ether oxygens (including phenoxy) is 1. The van der Waals surface area contributed by atoms with E-state index in [0.717, 1.165) is 5.56 Å². The molecule has 0 atom stereocenters. The monoisotopic (exact) mass is 250 g/mol. The molecule has 0 amide bonds. The lowest BCUT2D eigenvalue weighted by Gasteiger charge is -2.46. The summed E-state index contributed by atoms with van der Waals surface area (Å²) in [5.74, 6) is -1.01. The largest absolute Gasteiger partial charge is 0.481 e. The second-order valence-corrected chi connectivity index (χ2v) is 5.43. The predicted octanol–water partition coefficient (Wildman–Crippen LogP) is 2.27. The first-order valence-electron chi connectivity index (χ1n) is 6.10. The second-order valence-electron chi connectivity index (χ2n) is 5.43. The van der Waals surface area contributed by atoms with E-state index in [0.29, 0.717) is 31.6 Å². The molecule has 2 aliphatic rings. The fourth-order valence-electron chi connectivity index (χ4n) is 2.99. The molecule has 0 spiro atoms. The van der Waals surface area contributed by atoms with Crippen LogP contribution in [-0.4, -0.2) is 24.3 Å². The first-order valence-corrected chi connectivity index (χ1v) is 6.10. The summed E-state index contributed by atoms with van der Waals surface area (Å²) in [5.41, 5.74) is 0.291. The molecule has 18 heavy (non-hydrogen) atoms. The molecule has 4 heteroatoms. The van der Waals surface area contributed by atoms with Crippen molar-refractivity contribution in [2.24, 2.45) is 5.41 Å². The first kappa shape index (κ1) is 11.7. The van der Waals surface area contributed by atoms with Gasteiger partial charge in [-0.25, -0.2) is 4.39 Å². The Kier molecular flexibility index (Phi) is 2.29. The molecule has 3 nitrogen and oxygen atoms in total. The molecule has 1 saturated heterocycles. The molecule has 1 aliphatic heterocycles. The van der Waals surface area contributed by atoms with Crippen LogP contribution in [0.4, 0.5) is 4.39 Å². The highest BCUT2D eigenvalue weighted by molar-refractivity contribution is 5.81. The number of hydrogen-bond donors (Lipinski definition) is 1. The molecule has 1 aromatic carbocycles. The third-order valence-corrected chi connectivity index (χ3v) is 4.48. The summed E-state index contributed by atoms with van der Waals surface area (Å²) in [6.07, 6.45) is 1.37. The minimum absolute atomic E-state index is 0.255. The van der Waals surface area contributed by atoms with Crippen LogP contribution in [0.2, 0.25) is 0 Å². The highest BCUT2D eigenvalue weighted by Gasteiger charge is 2.68. The maximum absolute atomic E-state index is 13.3. The van der Waals surface area contributed by atoms with Gasteiger partial charge in [-0.15, -0.1) is 0 Å². The summed E-state index contributed by atoms with van der Waals surface area (Å²) < 4.78 is 18.6. The standard InChI is InChI=1S/C14H15FO3/c1-9-6-10(2-3-11(9)15)14(7-18-8-14)13(4-5-13)12(16)17/h2-3,6H,4-5,7-8H2,1H3,(H,16,17). The van der Waals surface area contributed by atoms with Gasteiger partial charge in [0.05, 0.1) is 24.0 Å². The van der Waals surface area contributed by atoms with E-state index in [4.69, 9.17) is 4.74 Å². The van der Waals surface area contributed by atoms with Gasteiger partial charge in [-0.2, -0.15) is 0 Å². The second kappa shape index (κ2) is 3.54. The van der Waals surface area contributed by atoms with Crippen molar-refractivity contribution >= 4 is 5.97 Å². The first-order chi connectivity index (χ1) is 8.52. The summed E-state index contributed by atoms with van der Waals surface area (Å²) in [7, 11) is 0. The van der Waals surface area contributed by atoms with E-state index in [-0.39, 0.29) is 5.82 Å². The zero-order chi connectivity index (χ0) is 13.0. The van der Waals surface area contributed by atoms with Gasteiger partial charge in [0.2, 0.25) is 0 Å². The Morgan fingerprint density at radius 1 is 1.39 bits per heavy atom. The predicted molar refractivity (Wildman–Crippen MR) is 62.9 cm³/mol. The molecule has 0 aromatic heterocycles.